The standard InChI is InChI=1S/C22H26ClFN8O2/c1-34-15-5-6-32(11-15)22(33)28-14-4-2-3-13(8-14)27-20-17(24)10-26-21(29-20)18-16-7-12(23)9-25-19(16)31-30-18/h7,9-10,13-15H,2-6,8,11H2,1H3,(H,28,33)(H,25,30,31)(H,26,27,29)/t13?,14-,15?/m1/s1. The lowest BCUT2D eigenvalue weighted by atomic mass is 9.91. The van der Waals surface area contributed by atoms with Crippen molar-refractivity contribution in [2.24, 2.45) is 0 Å². The zero-order valence-corrected chi connectivity index (χ0v) is 19.5. The van der Waals surface area contributed by atoms with Crippen molar-refractivity contribution in [1.29, 1.82) is 0 Å². The van der Waals surface area contributed by atoms with Crippen molar-refractivity contribution in [1.82, 2.24) is 35.4 Å². The molecule has 2 aliphatic rings. The number of amides is 2. The first-order valence-corrected chi connectivity index (χ1v) is 11.7. The predicted octanol–water partition coefficient (Wildman–Crippen LogP) is 3.36. The molecule has 1 aliphatic heterocycles. The summed E-state index contributed by atoms with van der Waals surface area (Å²) in [6, 6.07) is 1.62. The Hall–Kier alpha value is -3.05. The van der Waals surface area contributed by atoms with Crippen LogP contribution in [0, 0.1) is 5.82 Å². The first kappa shape index (κ1) is 22.7. The average Bonchev–Trinajstić information content (AvgIpc) is 3.48. The Labute approximate surface area is 200 Å². The van der Waals surface area contributed by atoms with Gasteiger partial charge in [-0.15, -0.1) is 0 Å². The van der Waals surface area contributed by atoms with Crippen molar-refractivity contribution >= 4 is 34.5 Å². The number of aromatic nitrogens is 5. The summed E-state index contributed by atoms with van der Waals surface area (Å²) in [7, 11) is 1.67. The summed E-state index contributed by atoms with van der Waals surface area (Å²) in [5.74, 6) is -0.141. The molecule has 1 aliphatic carbocycles. The molecule has 0 aromatic carbocycles. The van der Waals surface area contributed by atoms with Gasteiger partial charge in [-0.25, -0.2) is 24.1 Å². The van der Waals surface area contributed by atoms with Gasteiger partial charge in [0.05, 0.1) is 22.7 Å². The fourth-order valence-corrected chi connectivity index (χ4v) is 4.81. The summed E-state index contributed by atoms with van der Waals surface area (Å²) in [5.41, 5.74) is 0.990. The van der Waals surface area contributed by atoms with Gasteiger partial charge in [0.2, 0.25) is 0 Å². The van der Waals surface area contributed by atoms with Gasteiger partial charge >= 0.3 is 6.03 Å². The van der Waals surface area contributed by atoms with E-state index in [0.29, 0.717) is 41.3 Å². The molecule has 3 aromatic rings. The number of likely N-dealkylation sites (tertiary alicyclic amines) is 1. The number of urea groups is 1. The highest BCUT2D eigenvalue weighted by Crippen LogP contribution is 2.28. The number of anilines is 1. The molecule has 2 amide bonds. The number of halogens is 2. The highest BCUT2D eigenvalue weighted by molar-refractivity contribution is 6.31. The van der Waals surface area contributed by atoms with Crippen LogP contribution in [0.5, 0.6) is 0 Å². The van der Waals surface area contributed by atoms with Crippen LogP contribution in [0.1, 0.15) is 32.1 Å². The average molecular weight is 489 g/mol. The van der Waals surface area contributed by atoms with E-state index in [-0.39, 0.29) is 35.9 Å². The van der Waals surface area contributed by atoms with Gasteiger partial charge in [-0.1, -0.05) is 11.6 Å². The van der Waals surface area contributed by atoms with Crippen LogP contribution < -0.4 is 10.6 Å². The van der Waals surface area contributed by atoms with Crippen LogP contribution in [-0.2, 0) is 4.74 Å². The third-order valence-corrected chi connectivity index (χ3v) is 6.66. The zero-order chi connectivity index (χ0) is 23.7. The molecule has 180 valence electrons. The Bertz CT molecular complexity index is 1190. The number of aromatic amines is 1. The van der Waals surface area contributed by atoms with Crippen LogP contribution in [0.2, 0.25) is 5.02 Å². The first-order chi connectivity index (χ1) is 16.5. The Morgan fingerprint density at radius 2 is 2.12 bits per heavy atom. The second kappa shape index (κ2) is 9.67. The molecule has 12 heteroatoms. The monoisotopic (exact) mass is 488 g/mol. The molecule has 1 saturated carbocycles. The number of hydrogen-bond donors (Lipinski definition) is 3. The van der Waals surface area contributed by atoms with E-state index in [0.717, 1.165) is 31.9 Å². The zero-order valence-electron chi connectivity index (χ0n) is 18.7. The number of carbonyl (C=O) groups is 1. The Morgan fingerprint density at radius 1 is 1.26 bits per heavy atom. The number of methoxy groups -OCH3 is 1. The van der Waals surface area contributed by atoms with Crippen LogP contribution in [0.25, 0.3) is 22.6 Å². The summed E-state index contributed by atoms with van der Waals surface area (Å²) < 4.78 is 19.9. The van der Waals surface area contributed by atoms with E-state index in [1.807, 2.05) is 0 Å². The minimum absolute atomic E-state index is 0.00878. The number of ether oxygens (including phenoxy) is 1. The van der Waals surface area contributed by atoms with Gasteiger partial charge in [-0.3, -0.25) is 5.10 Å². The van der Waals surface area contributed by atoms with E-state index in [9.17, 15) is 9.18 Å². The molecule has 0 radical (unpaired) electrons. The second-order valence-corrected chi connectivity index (χ2v) is 9.20. The molecule has 0 spiro atoms. The lowest BCUT2D eigenvalue weighted by Crippen LogP contribution is -2.47. The lowest BCUT2D eigenvalue weighted by molar-refractivity contribution is 0.110. The maximum atomic E-state index is 14.6. The van der Waals surface area contributed by atoms with E-state index in [1.165, 1.54) is 6.20 Å². The Balaban J connectivity index is 1.27. The minimum atomic E-state index is -0.544. The van der Waals surface area contributed by atoms with Gasteiger partial charge in [0.1, 0.15) is 5.69 Å². The number of fused-ring (bicyclic) bond motifs is 1. The van der Waals surface area contributed by atoms with Crippen molar-refractivity contribution in [3.05, 3.63) is 29.3 Å². The van der Waals surface area contributed by atoms with Crippen LogP contribution in [0.15, 0.2) is 18.5 Å². The van der Waals surface area contributed by atoms with Crippen LogP contribution in [-0.4, -0.2) is 74.5 Å². The molecule has 0 bridgehead atoms. The predicted molar refractivity (Wildman–Crippen MR) is 125 cm³/mol. The second-order valence-electron chi connectivity index (χ2n) is 8.76. The molecule has 4 heterocycles. The third-order valence-electron chi connectivity index (χ3n) is 6.45. The fraction of sp³-hybridized carbons (Fsp3) is 0.500. The van der Waals surface area contributed by atoms with Crippen molar-refractivity contribution in [2.45, 2.75) is 50.3 Å². The van der Waals surface area contributed by atoms with E-state index in [4.69, 9.17) is 16.3 Å². The number of rotatable bonds is 5. The summed E-state index contributed by atoms with van der Waals surface area (Å²) in [6.07, 6.45) is 6.92. The number of nitrogens with zero attached hydrogens (tertiary/aromatic N) is 5. The first-order valence-electron chi connectivity index (χ1n) is 11.4. The molecule has 1 saturated heterocycles. The molecule has 34 heavy (non-hydrogen) atoms. The molecule has 10 nitrogen and oxygen atoms in total. The number of carbonyl (C=O) groups excluding carboxylic acids is 1. The number of nitrogens with one attached hydrogen (secondary N) is 3. The highest BCUT2D eigenvalue weighted by atomic mass is 35.5. The van der Waals surface area contributed by atoms with Crippen LogP contribution >= 0.6 is 11.6 Å². The van der Waals surface area contributed by atoms with Gasteiger partial charge in [0, 0.05) is 38.5 Å². The van der Waals surface area contributed by atoms with Crippen molar-refractivity contribution in [3.8, 4) is 11.5 Å². The summed E-state index contributed by atoms with van der Waals surface area (Å²) in [6.45, 7) is 1.30. The lowest BCUT2D eigenvalue weighted by Gasteiger charge is -2.32. The maximum absolute atomic E-state index is 14.6. The fourth-order valence-electron chi connectivity index (χ4n) is 4.65. The van der Waals surface area contributed by atoms with Crippen molar-refractivity contribution in [3.63, 3.8) is 0 Å². The van der Waals surface area contributed by atoms with Gasteiger partial charge in [0.15, 0.2) is 23.1 Å². The summed E-state index contributed by atoms with van der Waals surface area (Å²) in [5, 5.41) is 14.5. The smallest absolute Gasteiger partial charge is 0.317 e. The molecular weight excluding hydrogens is 463 g/mol. The van der Waals surface area contributed by atoms with Gasteiger partial charge < -0.3 is 20.3 Å². The number of H-pyrrole nitrogens is 1. The number of hydrogen-bond acceptors (Lipinski definition) is 7. The summed E-state index contributed by atoms with van der Waals surface area (Å²) in [4.78, 5) is 27.1. The Morgan fingerprint density at radius 3 is 2.94 bits per heavy atom. The van der Waals surface area contributed by atoms with E-state index >= 15 is 0 Å². The summed E-state index contributed by atoms with van der Waals surface area (Å²) >= 11 is 6.07. The maximum Gasteiger partial charge on any atom is 0.317 e. The van der Waals surface area contributed by atoms with Crippen molar-refractivity contribution < 1.29 is 13.9 Å². The van der Waals surface area contributed by atoms with Gasteiger partial charge in [-0.2, -0.15) is 5.10 Å². The van der Waals surface area contributed by atoms with Crippen LogP contribution in [0.4, 0.5) is 15.0 Å². The highest BCUT2D eigenvalue weighted by Gasteiger charge is 2.30. The Kier molecular flexibility index (Phi) is 6.46. The largest absolute Gasteiger partial charge is 0.380 e. The molecule has 2 fully saturated rings. The van der Waals surface area contributed by atoms with Crippen LogP contribution in [0.3, 0.4) is 0 Å². The van der Waals surface area contributed by atoms with Crippen molar-refractivity contribution in [2.75, 3.05) is 25.5 Å². The number of pyridine rings is 1. The van der Waals surface area contributed by atoms with Gasteiger partial charge in [0.25, 0.3) is 0 Å². The SMILES string of the molecule is COC1CCN(C(=O)N[C@@H]2CCCC(Nc3nc(-c4[nH]nc5ncc(Cl)cc45)ncc3F)C2)C1. The van der Waals surface area contributed by atoms with E-state index < -0.39 is 5.82 Å². The topological polar surface area (TPSA) is 121 Å². The molecule has 3 aromatic heterocycles. The quantitative estimate of drug-likeness (QED) is 0.503. The van der Waals surface area contributed by atoms with E-state index in [2.05, 4.69) is 35.8 Å². The molecule has 3 atom stereocenters. The molecule has 3 N–H and O–H groups in total. The molecule has 2 unspecified atom stereocenters. The minimum Gasteiger partial charge on any atom is -0.380 e. The molecule has 5 rings (SSSR count). The van der Waals surface area contributed by atoms with Gasteiger partial charge in [-0.05, 0) is 38.2 Å². The normalized spacial score (nSPS) is 22.8. The molecular formula is C22H26ClFN8O2. The third kappa shape index (κ3) is 4.76. The van der Waals surface area contributed by atoms with E-state index in [1.54, 1.807) is 18.1 Å².